The van der Waals surface area contributed by atoms with Crippen LogP contribution in [0, 0.1) is 42.7 Å². The number of primary amides is 1. The average molecular weight is 478 g/mol. The maximum Gasteiger partial charge on any atom is 0.270 e. The van der Waals surface area contributed by atoms with Crippen molar-refractivity contribution in [3.63, 3.8) is 0 Å². The summed E-state index contributed by atoms with van der Waals surface area (Å²) in [5.41, 5.74) is 5.96. The number of aryl methyl sites for hydroxylation is 2. The number of nitrogens with two attached hydrogens (primary N) is 1. The number of phenolic OH excluding ortho intramolecular Hbond substituents is 1. The van der Waals surface area contributed by atoms with Crippen LogP contribution < -0.4 is 11.1 Å². The molecule has 0 aliphatic rings. The average Bonchev–Trinajstić information content (AvgIpc) is 2.79. The molecular weight excluding hydrogens is 452 g/mol. The molecule has 3 rings (SSSR count). The molecule has 2 amide bonds. The van der Waals surface area contributed by atoms with Crippen LogP contribution in [0.3, 0.4) is 0 Å². The van der Waals surface area contributed by atoms with Crippen molar-refractivity contribution in [3.05, 3.63) is 93.8 Å². The molecule has 0 fully saturated rings. The second-order valence-electron chi connectivity index (χ2n) is 8.74. The molecule has 1 heterocycles. The second-order valence-corrected chi connectivity index (χ2v) is 8.74. The predicted octanol–water partition coefficient (Wildman–Crippen LogP) is 4.06. The van der Waals surface area contributed by atoms with Gasteiger partial charge in [-0.05, 0) is 75.2 Å². The second kappa shape index (κ2) is 9.94. The highest BCUT2D eigenvalue weighted by atomic mass is 19.1. The Kier molecular flexibility index (Phi) is 7.20. The molecule has 1 atom stereocenters. The molecule has 3 aromatic rings. The molecule has 0 unspecified atom stereocenters. The molecule has 2 aromatic carbocycles. The first-order valence-electron chi connectivity index (χ1n) is 10.7. The molecule has 0 bridgehead atoms. The fourth-order valence-electron chi connectivity index (χ4n) is 3.24. The zero-order valence-corrected chi connectivity index (χ0v) is 19.7. The summed E-state index contributed by atoms with van der Waals surface area (Å²) in [4.78, 5) is 29.0. The molecule has 6 nitrogen and oxygen atoms in total. The van der Waals surface area contributed by atoms with Gasteiger partial charge in [-0.3, -0.25) is 9.59 Å². The number of benzene rings is 2. The minimum atomic E-state index is -1.07. The van der Waals surface area contributed by atoms with Gasteiger partial charge < -0.3 is 16.2 Å². The molecule has 8 heteroatoms. The SMILES string of the molecule is Cc1cc(C#CC(C)(C)C(N)=O)cc(C(=O)N[C@@H](c2ccc(C)c(F)c2)c2cc(F)ccc2O)n1. The summed E-state index contributed by atoms with van der Waals surface area (Å²) in [6.07, 6.45) is 0. The molecule has 0 saturated heterocycles. The summed E-state index contributed by atoms with van der Waals surface area (Å²) in [6.45, 7) is 6.43. The van der Waals surface area contributed by atoms with Gasteiger partial charge in [-0.15, -0.1) is 0 Å². The van der Waals surface area contributed by atoms with E-state index in [4.69, 9.17) is 5.73 Å². The maximum atomic E-state index is 14.3. The van der Waals surface area contributed by atoms with Gasteiger partial charge in [0.25, 0.3) is 5.91 Å². The Morgan fingerprint density at radius 3 is 2.46 bits per heavy atom. The van der Waals surface area contributed by atoms with E-state index in [1.165, 1.54) is 18.2 Å². The highest BCUT2D eigenvalue weighted by Crippen LogP contribution is 2.31. The minimum Gasteiger partial charge on any atom is -0.508 e. The number of carbonyl (C=O) groups is 2. The lowest BCUT2D eigenvalue weighted by Gasteiger charge is -2.21. The van der Waals surface area contributed by atoms with Gasteiger partial charge in [0, 0.05) is 16.8 Å². The van der Waals surface area contributed by atoms with Crippen LogP contribution in [-0.4, -0.2) is 21.9 Å². The van der Waals surface area contributed by atoms with Crippen molar-refractivity contribution in [2.75, 3.05) is 0 Å². The van der Waals surface area contributed by atoms with Crippen molar-refractivity contribution < 1.29 is 23.5 Å². The fourth-order valence-corrected chi connectivity index (χ4v) is 3.24. The normalized spacial score (nSPS) is 11.8. The Labute approximate surface area is 202 Å². The summed E-state index contributed by atoms with van der Waals surface area (Å²) in [6, 6.07) is 9.65. The Hall–Kier alpha value is -4.25. The number of halogens is 2. The van der Waals surface area contributed by atoms with E-state index in [1.54, 1.807) is 39.8 Å². The van der Waals surface area contributed by atoms with Crippen molar-refractivity contribution >= 4 is 11.8 Å². The van der Waals surface area contributed by atoms with E-state index in [0.717, 1.165) is 18.2 Å². The third kappa shape index (κ3) is 6.01. The number of nitrogens with zero attached hydrogens (tertiary/aromatic N) is 1. The molecule has 180 valence electrons. The van der Waals surface area contributed by atoms with Crippen LogP contribution in [0.4, 0.5) is 8.78 Å². The van der Waals surface area contributed by atoms with Crippen molar-refractivity contribution in [2.24, 2.45) is 11.1 Å². The van der Waals surface area contributed by atoms with Gasteiger partial charge in [0.15, 0.2) is 0 Å². The molecular formula is C27H25F2N3O3. The molecule has 0 radical (unpaired) electrons. The molecule has 0 aliphatic carbocycles. The fraction of sp³-hybridized carbons (Fsp3) is 0.222. The number of nitrogens with one attached hydrogen (secondary N) is 1. The molecule has 0 aliphatic heterocycles. The van der Waals surface area contributed by atoms with Gasteiger partial charge in [0.2, 0.25) is 5.91 Å². The number of hydrogen-bond donors (Lipinski definition) is 3. The number of rotatable bonds is 5. The molecule has 0 spiro atoms. The van der Waals surface area contributed by atoms with Gasteiger partial charge >= 0.3 is 0 Å². The first kappa shape index (κ1) is 25.4. The van der Waals surface area contributed by atoms with Gasteiger partial charge in [0.1, 0.15) is 28.5 Å². The van der Waals surface area contributed by atoms with E-state index in [9.17, 15) is 23.5 Å². The molecule has 0 saturated carbocycles. The standard InChI is InChI=1S/C27H25F2N3O3/c1-15-5-6-18(13-21(15)29)24(20-14-19(28)7-8-23(20)33)32-25(34)22-12-17(11-16(2)31-22)9-10-27(3,4)26(30)35/h5-8,11-14,24,33H,1-4H3,(H2,30,35)(H,32,34)/t24-/m0/s1. The minimum absolute atomic E-state index is 0.000317. The van der Waals surface area contributed by atoms with E-state index in [0.29, 0.717) is 22.4 Å². The van der Waals surface area contributed by atoms with Crippen LogP contribution in [0.2, 0.25) is 0 Å². The van der Waals surface area contributed by atoms with Gasteiger partial charge in [-0.2, -0.15) is 0 Å². The van der Waals surface area contributed by atoms with E-state index in [2.05, 4.69) is 22.1 Å². The van der Waals surface area contributed by atoms with Crippen molar-refractivity contribution in [1.82, 2.24) is 10.3 Å². The third-order valence-corrected chi connectivity index (χ3v) is 5.43. The first-order chi connectivity index (χ1) is 16.4. The quantitative estimate of drug-likeness (QED) is 0.482. The first-order valence-corrected chi connectivity index (χ1v) is 10.7. The number of hydrogen-bond acceptors (Lipinski definition) is 4. The molecule has 1 aromatic heterocycles. The van der Waals surface area contributed by atoms with E-state index in [-0.39, 0.29) is 17.0 Å². The monoisotopic (exact) mass is 477 g/mol. The highest BCUT2D eigenvalue weighted by Gasteiger charge is 2.24. The summed E-state index contributed by atoms with van der Waals surface area (Å²) in [5.74, 6) is 2.97. The van der Waals surface area contributed by atoms with Crippen molar-refractivity contribution in [1.29, 1.82) is 0 Å². The Morgan fingerprint density at radius 1 is 1.09 bits per heavy atom. The lowest BCUT2D eigenvalue weighted by Crippen LogP contribution is -2.30. The van der Waals surface area contributed by atoms with Crippen LogP contribution in [0.25, 0.3) is 0 Å². The number of aromatic nitrogens is 1. The van der Waals surface area contributed by atoms with E-state index >= 15 is 0 Å². The summed E-state index contributed by atoms with van der Waals surface area (Å²) in [7, 11) is 0. The van der Waals surface area contributed by atoms with Crippen LogP contribution in [0.5, 0.6) is 5.75 Å². The topological polar surface area (TPSA) is 105 Å². The van der Waals surface area contributed by atoms with Crippen LogP contribution in [-0.2, 0) is 4.79 Å². The third-order valence-electron chi connectivity index (χ3n) is 5.43. The smallest absolute Gasteiger partial charge is 0.270 e. The van der Waals surface area contributed by atoms with Gasteiger partial charge in [-0.25, -0.2) is 13.8 Å². The highest BCUT2D eigenvalue weighted by molar-refractivity contribution is 5.93. The number of aromatic hydroxyl groups is 1. The van der Waals surface area contributed by atoms with Crippen molar-refractivity contribution in [3.8, 4) is 17.6 Å². The maximum absolute atomic E-state index is 14.3. The number of amides is 2. The zero-order chi connectivity index (χ0) is 25.9. The number of phenols is 1. The van der Waals surface area contributed by atoms with Crippen LogP contribution in [0.15, 0.2) is 48.5 Å². The number of carbonyl (C=O) groups excluding carboxylic acids is 2. The van der Waals surface area contributed by atoms with E-state index < -0.39 is 34.9 Å². The summed E-state index contributed by atoms with van der Waals surface area (Å²) < 4.78 is 28.3. The van der Waals surface area contributed by atoms with E-state index in [1.807, 2.05) is 0 Å². The zero-order valence-electron chi connectivity index (χ0n) is 19.7. The Morgan fingerprint density at radius 2 is 1.80 bits per heavy atom. The van der Waals surface area contributed by atoms with Gasteiger partial charge in [0.05, 0.1) is 6.04 Å². The lowest BCUT2D eigenvalue weighted by atomic mass is 9.93. The molecule has 35 heavy (non-hydrogen) atoms. The molecule has 4 N–H and O–H groups in total. The van der Waals surface area contributed by atoms with Crippen molar-refractivity contribution in [2.45, 2.75) is 33.7 Å². The predicted molar refractivity (Wildman–Crippen MR) is 127 cm³/mol. The van der Waals surface area contributed by atoms with Crippen LogP contribution >= 0.6 is 0 Å². The Balaban J connectivity index is 2.03. The largest absolute Gasteiger partial charge is 0.508 e. The van der Waals surface area contributed by atoms with Crippen LogP contribution in [0.1, 0.15) is 58.3 Å². The van der Waals surface area contributed by atoms with Gasteiger partial charge in [-0.1, -0.05) is 24.0 Å². The lowest BCUT2D eigenvalue weighted by molar-refractivity contribution is -0.123. The number of pyridine rings is 1. The Bertz CT molecular complexity index is 1370. The summed E-state index contributed by atoms with van der Waals surface area (Å²) >= 11 is 0. The summed E-state index contributed by atoms with van der Waals surface area (Å²) in [5, 5.41) is 13.1.